The van der Waals surface area contributed by atoms with E-state index >= 15 is 0 Å². The van der Waals surface area contributed by atoms with Gasteiger partial charge in [0.1, 0.15) is 17.5 Å². The van der Waals surface area contributed by atoms with Crippen LogP contribution in [0.5, 0.6) is 5.75 Å². The number of carbonyl (C=O) groups is 2. The summed E-state index contributed by atoms with van der Waals surface area (Å²) in [5.41, 5.74) is -0.359. The number of carbonyl (C=O) groups excluding carboxylic acids is 2. The Morgan fingerprint density at radius 1 is 1.27 bits per heavy atom. The van der Waals surface area contributed by atoms with Crippen LogP contribution in [0, 0.1) is 11.3 Å². The highest BCUT2D eigenvalue weighted by Crippen LogP contribution is 2.67. The third-order valence-corrected chi connectivity index (χ3v) is 9.38. The van der Waals surface area contributed by atoms with Crippen molar-refractivity contribution in [1.82, 2.24) is 10.2 Å². The van der Waals surface area contributed by atoms with Gasteiger partial charge in [-0.15, -0.1) is 0 Å². The Morgan fingerprint density at radius 2 is 2.03 bits per heavy atom. The molecule has 1 saturated heterocycles. The van der Waals surface area contributed by atoms with Gasteiger partial charge in [-0.05, 0) is 36.9 Å². The van der Waals surface area contributed by atoms with Crippen LogP contribution in [0.3, 0.4) is 0 Å². The van der Waals surface area contributed by atoms with Crippen LogP contribution in [0.15, 0.2) is 30.4 Å². The SMILES string of the molecule is CC[C@]12C=CCN3CC[C@@]4(c5ccc(OC)cc5N(C)[C@H]4C(O)(CNC(=O)CC(C)C)[C@@H]1OC(C)=O)C32. The summed E-state index contributed by atoms with van der Waals surface area (Å²) in [6, 6.07) is 5.81. The second-order valence-electron chi connectivity index (χ2n) is 11.8. The molecule has 0 bridgehead atoms. The summed E-state index contributed by atoms with van der Waals surface area (Å²) in [6.45, 7) is 9.22. The topological polar surface area (TPSA) is 91.3 Å². The van der Waals surface area contributed by atoms with Crippen LogP contribution in [-0.2, 0) is 19.7 Å². The van der Waals surface area contributed by atoms with Gasteiger partial charge >= 0.3 is 5.97 Å². The lowest BCUT2D eigenvalue weighted by Gasteiger charge is -2.64. The minimum atomic E-state index is -1.54. The van der Waals surface area contributed by atoms with Gasteiger partial charge in [-0.2, -0.15) is 0 Å². The summed E-state index contributed by atoms with van der Waals surface area (Å²) in [4.78, 5) is 30.1. The normalized spacial score (nSPS) is 35.7. The van der Waals surface area contributed by atoms with Gasteiger partial charge < -0.3 is 24.8 Å². The lowest BCUT2D eigenvalue weighted by Crippen LogP contribution is -2.81. The second-order valence-corrected chi connectivity index (χ2v) is 11.8. The zero-order chi connectivity index (χ0) is 26.8. The number of hydrogen-bond acceptors (Lipinski definition) is 7. The summed E-state index contributed by atoms with van der Waals surface area (Å²) < 4.78 is 11.7. The number of methoxy groups -OCH3 is 1. The number of esters is 1. The van der Waals surface area contributed by atoms with Crippen molar-refractivity contribution in [3.8, 4) is 5.75 Å². The number of amides is 1. The Hall–Kier alpha value is -2.58. The van der Waals surface area contributed by atoms with E-state index in [9.17, 15) is 14.7 Å². The first-order valence-electron chi connectivity index (χ1n) is 13.5. The van der Waals surface area contributed by atoms with Crippen molar-refractivity contribution in [2.45, 2.75) is 76.2 Å². The van der Waals surface area contributed by atoms with Crippen LogP contribution < -0.4 is 15.0 Å². The first kappa shape index (κ1) is 26.0. The highest BCUT2D eigenvalue weighted by atomic mass is 16.6. The molecule has 4 aliphatic rings. The predicted molar refractivity (Wildman–Crippen MR) is 142 cm³/mol. The zero-order valence-electron chi connectivity index (χ0n) is 22.9. The molecule has 6 atom stereocenters. The van der Waals surface area contributed by atoms with E-state index in [1.807, 2.05) is 33.0 Å². The average Bonchev–Trinajstić information content (AvgIpc) is 3.37. The van der Waals surface area contributed by atoms with Gasteiger partial charge in [0, 0.05) is 55.6 Å². The number of benzene rings is 1. The fourth-order valence-electron chi connectivity index (χ4n) is 8.33. The molecule has 1 spiro atoms. The molecule has 1 aromatic rings. The number of ether oxygens (including phenoxy) is 2. The van der Waals surface area contributed by atoms with Crippen LogP contribution in [0.2, 0.25) is 0 Å². The monoisotopic (exact) mass is 511 g/mol. The van der Waals surface area contributed by atoms with Gasteiger partial charge in [-0.1, -0.05) is 39.0 Å². The van der Waals surface area contributed by atoms with Gasteiger partial charge in [0.25, 0.3) is 0 Å². The molecular formula is C29H41N3O5. The molecule has 2 unspecified atom stereocenters. The molecule has 8 heteroatoms. The fourth-order valence-corrected chi connectivity index (χ4v) is 8.33. The number of fused-ring (bicyclic) bond motifs is 1. The standard InChI is InChI=1S/C29H41N3O5/c1-7-27-11-8-13-32-14-12-28(24(27)32)21-10-9-20(36-6)16-22(21)31(5)25(28)29(35,26(27)37-19(4)33)17-30-23(34)15-18(2)3/h8-11,16,18,24-26,35H,7,12-15,17H2,1-6H3,(H,30,34)/t24?,25-,26-,27-,28-,29?/m1/s1. The van der Waals surface area contributed by atoms with Crippen LogP contribution >= 0.6 is 0 Å². The Bertz CT molecular complexity index is 1120. The van der Waals surface area contributed by atoms with E-state index in [-0.39, 0.29) is 24.4 Å². The molecule has 3 aliphatic heterocycles. The summed E-state index contributed by atoms with van der Waals surface area (Å²) in [5, 5.41) is 16.0. The molecule has 2 N–H and O–H groups in total. The maximum atomic E-state index is 12.9. The second kappa shape index (κ2) is 9.02. The third-order valence-electron chi connectivity index (χ3n) is 9.38. The molecule has 0 aromatic heterocycles. The fraction of sp³-hybridized carbons (Fsp3) is 0.655. The number of rotatable bonds is 7. The molecule has 1 saturated carbocycles. The number of aliphatic hydroxyl groups is 1. The molecule has 1 aliphatic carbocycles. The summed E-state index contributed by atoms with van der Waals surface area (Å²) in [6.07, 6.45) is 5.43. The largest absolute Gasteiger partial charge is 0.497 e. The van der Waals surface area contributed by atoms with E-state index in [4.69, 9.17) is 9.47 Å². The van der Waals surface area contributed by atoms with Crippen molar-refractivity contribution < 1.29 is 24.2 Å². The number of hydrogen-bond donors (Lipinski definition) is 2. The molecule has 2 fully saturated rings. The average molecular weight is 512 g/mol. The van der Waals surface area contributed by atoms with E-state index in [1.165, 1.54) is 12.5 Å². The van der Waals surface area contributed by atoms with Crippen molar-refractivity contribution in [3.63, 3.8) is 0 Å². The van der Waals surface area contributed by atoms with Crippen molar-refractivity contribution in [1.29, 1.82) is 0 Å². The Morgan fingerprint density at radius 3 is 2.68 bits per heavy atom. The third kappa shape index (κ3) is 3.55. The summed E-state index contributed by atoms with van der Waals surface area (Å²) in [5.74, 6) is 0.407. The quantitative estimate of drug-likeness (QED) is 0.430. The van der Waals surface area contributed by atoms with Gasteiger partial charge in [0.15, 0.2) is 0 Å². The van der Waals surface area contributed by atoms with Crippen LogP contribution in [0.1, 0.15) is 52.5 Å². The van der Waals surface area contributed by atoms with E-state index in [0.717, 1.165) is 30.9 Å². The highest BCUT2D eigenvalue weighted by Gasteiger charge is 2.77. The predicted octanol–water partition coefficient (Wildman–Crippen LogP) is 2.63. The molecule has 3 heterocycles. The minimum absolute atomic E-state index is 0.000685. The Labute approximate surface area is 220 Å². The Balaban J connectivity index is 1.73. The first-order chi connectivity index (χ1) is 17.5. The minimum Gasteiger partial charge on any atom is -0.497 e. The van der Waals surface area contributed by atoms with Crippen LogP contribution in [0.25, 0.3) is 0 Å². The molecule has 8 nitrogen and oxygen atoms in total. The number of anilines is 1. The summed E-state index contributed by atoms with van der Waals surface area (Å²) >= 11 is 0. The maximum Gasteiger partial charge on any atom is 0.303 e. The van der Waals surface area contributed by atoms with Crippen LogP contribution in [-0.4, -0.2) is 79.5 Å². The van der Waals surface area contributed by atoms with Gasteiger partial charge in [-0.3, -0.25) is 14.5 Å². The molecule has 37 heavy (non-hydrogen) atoms. The lowest BCUT2D eigenvalue weighted by atomic mass is 9.47. The van der Waals surface area contributed by atoms with E-state index in [0.29, 0.717) is 12.8 Å². The van der Waals surface area contributed by atoms with Gasteiger partial charge in [0.2, 0.25) is 5.91 Å². The molecule has 1 amide bonds. The van der Waals surface area contributed by atoms with Crippen molar-refractivity contribution in [3.05, 3.63) is 35.9 Å². The smallest absolute Gasteiger partial charge is 0.303 e. The van der Waals surface area contributed by atoms with E-state index < -0.39 is 34.5 Å². The van der Waals surface area contributed by atoms with Crippen LogP contribution in [0.4, 0.5) is 5.69 Å². The van der Waals surface area contributed by atoms with Gasteiger partial charge in [0.05, 0.1) is 19.7 Å². The molecular weight excluding hydrogens is 470 g/mol. The van der Waals surface area contributed by atoms with Crippen molar-refractivity contribution in [2.75, 3.05) is 38.7 Å². The van der Waals surface area contributed by atoms with E-state index in [2.05, 4.69) is 40.3 Å². The number of nitrogens with zero attached hydrogens (tertiary/aromatic N) is 2. The number of nitrogens with one attached hydrogen (secondary N) is 1. The van der Waals surface area contributed by atoms with Crippen molar-refractivity contribution in [2.24, 2.45) is 11.3 Å². The highest BCUT2D eigenvalue weighted by molar-refractivity contribution is 5.77. The van der Waals surface area contributed by atoms with Gasteiger partial charge in [-0.25, -0.2) is 0 Å². The van der Waals surface area contributed by atoms with Crippen molar-refractivity contribution >= 4 is 17.6 Å². The zero-order valence-corrected chi connectivity index (χ0v) is 22.9. The molecule has 202 valence electrons. The summed E-state index contributed by atoms with van der Waals surface area (Å²) in [7, 11) is 3.66. The number of likely N-dealkylation sites (N-methyl/N-ethyl adjacent to an activating group) is 1. The molecule has 1 aromatic carbocycles. The molecule has 5 rings (SSSR count). The Kier molecular flexibility index (Phi) is 6.35. The first-order valence-corrected chi connectivity index (χ1v) is 13.5. The maximum absolute atomic E-state index is 12.9. The lowest BCUT2D eigenvalue weighted by molar-refractivity contribution is -0.217. The van der Waals surface area contributed by atoms with E-state index in [1.54, 1.807) is 7.11 Å². The molecule has 0 radical (unpaired) electrons.